The van der Waals surface area contributed by atoms with Gasteiger partial charge in [-0.25, -0.2) is 4.39 Å². The van der Waals surface area contributed by atoms with Gasteiger partial charge in [0.15, 0.2) is 0 Å². The van der Waals surface area contributed by atoms with Crippen LogP contribution in [0.4, 0.5) is 10.1 Å². The molecule has 0 radical (unpaired) electrons. The summed E-state index contributed by atoms with van der Waals surface area (Å²) in [6.45, 7) is 0. The molecule has 0 unspecified atom stereocenters. The molecular weight excluding hydrogens is 360 g/mol. The molecule has 0 aliphatic rings. The SMILES string of the molecule is O=C(Nc1ccccc1Cc1ccccc1)c1cc(F)c(Cl)cc1Cl. The molecule has 25 heavy (non-hydrogen) atoms. The van der Waals surface area contributed by atoms with Crippen LogP contribution < -0.4 is 5.32 Å². The minimum Gasteiger partial charge on any atom is -0.322 e. The average Bonchev–Trinajstić information content (AvgIpc) is 2.60. The molecular formula is C20H14Cl2FNO. The summed E-state index contributed by atoms with van der Waals surface area (Å²) in [5, 5.41) is 2.78. The van der Waals surface area contributed by atoms with Gasteiger partial charge in [-0.05, 0) is 35.7 Å². The molecule has 0 saturated heterocycles. The van der Waals surface area contributed by atoms with Crippen molar-refractivity contribution in [3.63, 3.8) is 0 Å². The highest BCUT2D eigenvalue weighted by molar-refractivity contribution is 6.37. The Balaban J connectivity index is 1.86. The van der Waals surface area contributed by atoms with E-state index in [1.165, 1.54) is 6.07 Å². The predicted octanol–water partition coefficient (Wildman–Crippen LogP) is 5.98. The van der Waals surface area contributed by atoms with Crippen molar-refractivity contribution in [1.29, 1.82) is 0 Å². The van der Waals surface area contributed by atoms with Gasteiger partial charge >= 0.3 is 0 Å². The van der Waals surface area contributed by atoms with Crippen LogP contribution in [-0.2, 0) is 6.42 Å². The monoisotopic (exact) mass is 373 g/mol. The Morgan fingerprint density at radius 1 is 0.920 bits per heavy atom. The molecule has 2 nitrogen and oxygen atoms in total. The van der Waals surface area contributed by atoms with Crippen molar-refractivity contribution in [3.05, 3.63) is 99.3 Å². The second-order valence-corrected chi connectivity index (χ2v) is 6.33. The zero-order chi connectivity index (χ0) is 17.8. The fourth-order valence-electron chi connectivity index (χ4n) is 2.50. The Morgan fingerprint density at radius 2 is 1.60 bits per heavy atom. The summed E-state index contributed by atoms with van der Waals surface area (Å²) in [5.74, 6) is -1.17. The van der Waals surface area contributed by atoms with Crippen molar-refractivity contribution >= 4 is 34.8 Å². The summed E-state index contributed by atoms with van der Waals surface area (Å²) >= 11 is 11.7. The van der Waals surface area contributed by atoms with Gasteiger partial charge in [-0.3, -0.25) is 4.79 Å². The van der Waals surface area contributed by atoms with Gasteiger partial charge in [-0.15, -0.1) is 0 Å². The maximum Gasteiger partial charge on any atom is 0.257 e. The molecule has 1 amide bonds. The number of anilines is 1. The molecule has 0 heterocycles. The topological polar surface area (TPSA) is 29.1 Å². The van der Waals surface area contributed by atoms with E-state index < -0.39 is 11.7 Å². The third-order valence-corrected chi connectivity index (χ3v) is 4.36. The highest BCUT2D eigenvalue weighted by Gasteiger charge is 2.15. The number of rotatable bonds is 4. The average molecular weight is 374 g/mol. The maximum absolute atomic E-state index is 13.7. The van der Waals surface area contributed by atoms with E-state index >= 15 is 0 Å². The molecule has 0 saturated carbocycles. The third kappa shape index (κ3) is 4.19. The number of halogens is 3. The Morgan fingerprint density at radius 3 is 2.36 bits per heavy atom. The molecule has 0 fully saturated rings. The lowest BCUT2D eigenvalue weighted by Gasteiger charge is -2.12. The zero-order valence-corrected chi connectivity index (χ0v) is 14.6. The third-order valence-electron chi connectivity index (χ3n) is 3.76. The minimum atomic E-state index is -0.686. The summed E-state index contributed by atoms with van der Waals surface area (Å²) < 4.78 is 13.7. The van der Waals surface area contributed by atoms with Crippen LogP contribution in [0, 0.1) is 5.82 Å². The van der Waals surface area contributed by atoms with E-state index in [0.29, 0.717) is 12.1 Å². The maximum atomic E-state index is 13.7. The second-order valence-electron chi connectivity index (χ2n) is 5.52. The van der Waals surface area contributed by atoms with Crippen molar-refractivity contribution in [2.45, 2.75) is 6.42 Å². The van der Waals surface area contributed by atoms with E-state index in [4.69, 9.17) is 23.2 Å². The lowest BCUT2D eigenvalue weighted by Crippen LogP contribution is -2.14. The number of benzene rings is 3. The normalized spacial score (nSPS) is 10.5. The Labute approximate surface area is 155 Å². The van der Waals surface area contributed by atoms with Gasteiger partial charge in [0, 0.05) is 5.69 Å². The Kier molecular flexibility index (Phi) is 5.37. The van der Waals surface area contributed by atoms with Gasteiger partial charge in [-0.2, -0.15) is 0 Å². The number of carbonyl (C=O) groups excluding carboxylic acids is 1. The number of carbonyl (C=O) groups is 1. The number of hydrogen-bond acceptors (Lipinski definition) is 1. The highest BCUT2D eigenvalue weighted by atomic mass is 35.5. The van der Waals surface area contributed by atoms with Crippen molar-refractivity contribution in [2.24, 2.45) is 0 Å². The van der Waals surface area contributed by atoms with E-state index in [9.17, 15) is 9.18 Å². The molecule has 126 valence electrons. The summed E-state index contributed by atoms with van der Waals surface area (Å²) in [6, 6.07) is 19.7. The number of amides is 1. The van der Waals surface area contributed by atoms with Crippen LogP contribution in [0.3, 0.4) is 0 Å². The molecule has 0 aromatic heterocycles. The first-order valence-electron chi connectivity index (χ1n) is 7.62. The van der Waals surface area contributed by atoms with E-state index in [1.807, 2.05) is 48.5 Å². The number of hydrogen-bond donors (Lipinski definition) is 1. The first kappa shape index (κ1) is 17.5. The van der Waals surface area contributed by atoms with Crippen LogP contribution >= 0.6 is 23.2 Å². The van der Waals surface area contributed by atoms with Crippen LogP contribution in [-0.4, -0.2) is 5.91 Å². The largest absolute Gasteiger partial charge is 0.322 e. The quantitative estimate of drug-likeness (QED) is 0.560. The van der Waals surface area contributed by atoms with Crippen LogP contribution in [0.2, 0.25) is 10.0 Å². The van der Waals surface area contributed by atoms with Crippen molar-refractivity contribution in [1.82, 2.24) is 0 Å². The summed E-state index contributed by atoms with van der Waals surface area (Å²) in [4.78, 5) is 12.5. The second kappa shape index (κ2) is 7.68. The molecule has 3 rings (SSSR count). The summed E-state index contributed by atoms with van der Waals surface area (Å²) in [7, 11) is 0. The number of para-hydroxylation sites is 1. The van der Waals surface area contributed by atoms with Crippen molar-refractivity contribution in [2.75, 3.05) is 5.32 Å². The van der Waals surface area contributed by atoms with Gasteiger partial charge in [-0.1, -0.05) is 71.7 Å². The molecule has 0 aliphatic carbocycles. The van der Waals surface area contributed by atoms with Crippen LogP contribution in [0.25, 0.3) is 0 Å². The van der Waals surface area contributed by atoms with E-state index in [1.54, 1.807) is 6.07 Å². The van der Waals surface area contributed by atoms with Gasteiger partial charge < -0.3 is 5.32 Å². The van der Waals surface area contributed by atoms with E-state index in [2.05, 4.69) is 5.32 Å². The van der Waals surface area contributed by atoms with E-state index in [0.717, 1.165) is 17.2 Å². The fraction of sp³-hybridized carbons (Fsp3) is 0.0500. The molecule has 3 aromatic carbocycles. The lowest BCUT2D eigenvalue weighted by atomic mass is 10.0. The van der Waals surface area contributed by atoms with E-state index in [-0.39, 0.29) is 15.6 Å². The molecule has 0 atom stereocenters. The molecule has 0 spiro atoms. The van der Waals surface area contributed by atoms with Gasteiger partial charge in [0.25, 0.3) is 5.91 Å². The van der Waals surface area contributed by atoms with Crippen LogP contribution in [0.5, 0.6) is 0 Å². The molecule has 0 aliphatic heterocycles. The van der Waals surface area contributed by atoms with Gasteiger partial charge in [0.05, 0.1) is 15.6 Å². The number of nitrogens with one attached hydrogen (secondary N) is 1. The van der Waals surface area contributed by atoms with Gasteiger partial charge in [0.1, 0.15) is 5.82 Å². The molecule has 1 N–H and O–H groups in total. The fourth-order valence-corrected chi connectivity index (χ4v) is 2.97. The van der Waals surface area contributed by atoms with Gasteiger partial charge in [0.2, 0.25) is 0 Å². The highest BCUT2D eigenvalue weighted by Crippen LogP contribution is 2.26. The van der Waals surface area contributed by atoms with Crippen LogP contribution in [0.1, 0.15) is 21.5 Å². The predicted molar refractivity (Wildman–Crippen MR) is 100 cm³/mol. The molecule has 0 bridgehead atoms. The van der Waals surface area contributed by atoms with Crippen molar-refractivity contribution < 1.29 is 9.18 Å². The first-order chi connectivity index (χ1) is 12.0. The Bertz CT molecular complexity index is 913. The smallest absolute Gasteiger partial charge is 0.257 e. The van der Waals surface area contributed by atoms with Crippen LogP contribution in [0.15, 0.2) is 66.7 Å². The van der Waals surface area contributed by atoms with Crippen molar-refractivity contribution in [3.8, 4) is 0 Å². The zero-order valence-electron chi connectivity index (χ0n) is 13.1. The summed E-state index contributed by atoms with van der Waals surface area (Å²) in [6.07, 6.45) is 0.667. The lowest BCUT2D eigenvalue weighted by molar-refractivity contribution is 0.102. The summed E-state index contributed by atoms with van der Waals surface area (Å²) in [5.41, 5.74) is 2.77. The molecule has 3 aromatic rings. The Hall–Kier alpha value is -2.36. The standard InChI is InChI=1S/C20H14Cl2FNO/c21-16-12-17(22)18(23)11-15(16)20(25)24-19-9-5-4-8-14(19)10-13-6-2-1-3-7-13/h1-9,11-12H,10H2,(H,24,25). The first-order valence-corrected chi connectivity index (χ1v) is 8.38. The minimum absolute atomic E-state index is 0.0399. The molecule has 5 heteroatoms.